The van der Waals surface area contributed by atoms with Crippen LogP contribution in [0.4, 0.5) is 0 Å². The molecule has 3 aromatic rings. The van der Waals surface area contributed by atoms with Crippen LogP contribution in [0.3, 0.4) is 0 Å². The quantitative estimate of drug-likeness (QED) is 0.736. The Bertz CT molecular complexity index is 932. The summed E-state index contributed by atoms with van der Waals surface area (Å²) in [6, 6.07) is 11.0. The Morgan fingerprint density at radius 1 is 1.04 bits per heavy atom. The smallest absolute Gasteiger partial charge is 0.251 e. The lowest BCUT2D eigenvalue weighted by Gasteiger charge is -2.08. The van der Waals surface area contributed by atoms with E-state index in [0.29, 0.717) is 11.4 Å². The SMILES string of the molecule is Cc1ccc(C(=O)NCC(=O)NCc2nnc3ccccn23)cc1C. The van der Waals surface area contributed by atoms with Gasteiger partial charge in [-0.25, -0.2) is 0 Å². The fraction of sp³-hybridized carbons (Fsp3) is 0.222. The maximum absolute atomic E-state index is 12.1. The molecule has 7 nitrogen and oxygen atoms in total. The van der Waals surface area contributed by atoms with E-state index >= 15 is 0 Å². The molecule has 2 aromatic heterocycles. The molecule has 25 heavy (non-hydrogen) atoms. The summed E-state index contributed by atoms with van der Waals surface area (Å²) in [5.74, 6) is 0.0699. The first-order valence-electron chi connectivity index (χ1n) is 7.95. The van der Waals surface area contributed by atoms with Crippen molar-refractivity contribution in [1.82, 2.24) is 25.2 Å². The molecule has 7 heteroatoms. The van der Waals surface area contributed by atoms with Crippen LogP contribution in [-0.2, 0) is 11.3 Å². The van der Waals surface area contributed by atoms with Gasteiger partial charge in [-0.15, -0.1) is 10.2 Å². The number of amides is 2. The number of pyridine rings is 1. The zero-order valence-corrected chi connectivity index (χ0v) is 14.1. The van der Waals surface area contributed by atoms with Crippen molar-refractivity contribution in [2.24, 2.45) is 0 Å². The number of nitrogens with one attached hydrogen (secondary N) is 2. The summed E-state index contributed by atoms with van der Waals surface area (Å²) in [5, 5.41) is 13.4. The Kier molecular flexibility index (Phi) is 4.74. The monoisotopic (exact) mass is 337 g/mol. The van der Waals surface area contributed by atoms with Crippen molar-refractivity contribution in [3.05, 3.63) is 65.1 Å². The highest BCUT2D eigenvalue weighted by molar-refractivity contribution is 5.96. The first-order valence-corrected chi connectivity index (χ1v) is 7.95. The van der Waals surface area contributed by atoms with Crippen LogP contribution in [0.25, 0.3) is 5.65 Å². The molecule has 128 valence electrons. The highest BCUT2D eigenvalue weighted by atomic mass is 16.2. The molecule has 0 aliphatic rings. The van der Waals surface area contributed by atoms with Gasteiger partial charge in [0, 0.05) is 11.8 Å². The van der Waals surface area contributed by atoms with Gasteiger partial charge in [-0.05, 0) is 49.2 Å². The van der Waals surface area contributed by atoms with Gasteiger partial charge in [0.05, 0.1) is 13.1 Å². The summed E-state index contributed by atoms with van der Waals surface area (Å²) >= 11 is 0. The number of aromatic nitrogens is 3. The fourth-order valence-corrected chi connectivity index (χ4v) is 2.40. The van der Waals surface area contributed by atoms with Crippen molar-refractivity contribution in [3.63, 3.8) is 0 Å². The number of hydrogen-bond donors (Lipinski definition) is 2. The number of aryl methyl sites for hydroxylation is 2. The predicted molar refractivity (Wildman–Crippen MR) is 93.1 cm³/mol. The van der Waals surface area contributed by atoms with E-state index in [1.807, 2.05) is 50.4 Å². The molecule has 0 aliphatic carbocycles. The molecule has 2 heterocycles. The molecule has 0 spiro atoms. The number of benzene rings is 1. The van der Waals surface area contributed by atoms with E-state index in [2.05, 4.69) is 20.8 Å². The van der Waals surface area contributed by atoms with Crippen LogP contribution in [-0.4, -0.2) is 33.0 Å². The highest BCUT2D eigenvalue weighted by Crippen LogP contribution is 2.09. The van der Waals surface area contributed by atoms with Crippen molar-refractivity contribution in [1.29, 1.82) is 0 Å². The lowest BCUT2D eigenvalue weighted by molar-refractivity contribution is -0.120. The second-order valence-corrected chi connectivity index (χ2v) is 5.80. The van der Waals surface area contributed by atoms with Crippen LogP contribution in [0.1, 0.15) is 27.3 Å². The minimum atomic E-state index is -0.287. The summed E-state index contributed by atoms with van der Waals surface area (Å²) < 4.78 is 1.80. The number of nitrogens with zero attached hydrogens (tertiary/aromatic N) is 3. The molecule has 2 N–H and O–H groups in total. The summed E-state index contributed by atoms with van der Waals surface area (Å²) in [4.78, 5) is 24.1. The molecule has 0 saturated carbocycles. The van der Waals surface area contributed by atoms with Crippen LogP contribution < -0.4 is 10.6 Å². The number of fused-ring (bicyclic) bond motifs is 1. The van der Waals surface area contributed by atoms with Gasteiger partial charge in [-0.1, -0.05) is 12.1 Å². The number of rotatable bonds is 5. The van der Waals surface area contributed by atoms with Gasteiger partial charge in [-0.3, -0.25) is 14.0 Å². The van der Waals surface area contributed by atoms with E-state index in [4.69, 9.17) is 0 Å². The van der Waals surface area contributed by atoms with Crippen LogP contribution in [0.15, 0.2) is 42.6 Å². The highest BCUT2D eigenvalue weighted by Gasteiger charge is 2.10. The Morgan fingerprint density at radius 2 is 1.88 bits per heavy atom. The fourth-order valence-electron chi connectivity index (χ4n) is 2.40. The molecule has 0 unspecified atom stereocenters. The molecule has 0 saturated heterocycles. The van der Waals surface area contributed by atoms with Crippen LogP contribution in [0.5, 0.6) is 0 Å². The third-order valence-electron chi connectivity index (χ3n) is 4.01. The van der Waals surface area contributed by atoms with Crippen LogP contribution in [0, 0.1) is 13.8 Å². The third-order valence-corrected chi connectivity index (χ3v) is 4.01. The zero-order valence-electron chi connectivity index (χ0n) is 14.1. The van der Waals surface area contributed by atoms with E-state index in [9.17, 15) is 9.59 Å². The van der Waals surface area contributed by atoms with Gasteiger partial charge in [0.1, 0.15) is 0 Å². The van der Waals surface area contributed by atoms with Gasteiger partial charge in [0.2, 0.25) is 5.91 Å². The van der Waals surface area contributed by atoms with Gasteiger partial charge in [0.25, 0.3) is 5.91 Å². The first kappa shape index (κ1) is 16.6. The average Bonchev–Trinajstić information content (AvgIpc) is 3.03. The lowest BCUT2D eigenvalue weighted by atomic mass is 10.1. The van der Waals surface area contributed by atoms with Crippen LogP contribution in [0.2, 0.25) is 0 Å². The molecule has 0 fully saturated rings. The van der Waals surface area contributed by atoms with E-state index in [-0.39, 0.29) is 24.9 Å². The molecule has 0 atom stereocenters. The minimum absolute atomic E-state index is 0.0947. The van der Waals surface area contributed by atoms with Crippen LogP contribution >= 0.6 is 0 Å². The molecule has 0 bridgehead atoms. The zero-order chi connectivity index (χ0) is 17.8. The largest absolute Gasteiger partial charge is 0.347 e. The maximum Gasteiger partial charge on any atom is 0.251 e. The van der Waals surface area contributed by atoms with E-state index < -0.39 is 0 Å². The Labute approximate surface area is 145 Å². The van der Waals surface area contributed by atoms with E-state index in [1.165, 1.54) is 0 Å². The topological polar surface area (TPSA) is 88.4 Å². The van der Waals surface area contributed by atoms with E-state index in [0.717, 1.165) is 16.8 Å². The van der Waals surface area contributed by atoms with Gasteiger partial charge < -0.3 is 10.6 Å². The molecular formula is C18H19N5O2. The number of carbonyl (C=O) groups is 2. The van der Waals surface area contributed by atoms with Crippen molar-refractivity contribution in [3.8, 4) is 0 Å². The van der Waals surface area contributed by atoms with Crippen molar-refractivity contribution in [2.75, 3.05) is 6.54 Å². The Balaban J connectivity index is 1.52. The molecule has 3 rings (SSSR count). The normalized spacial score (nSPS) is 10.6. The van der Waals surface area contributed by atoms with E-state index in [1.54, 1.807) is 10.5 Å². The number of carbonyl (C=O) groups excluding carboxylic acids is 2. The third kappa shape index (κ3) is 3.82. The average molecular weight is 337 g/mol. The molecule has 0 aliphatic heterocycles. The summed E-state index contributed by atoms with van der Waals surface area (Å²) in [5.41, 5.74) is 3.42. The van der Waals surface area contributed by atoms with Gasteiger partial charge >= 0.3 is 0 Å². The standard InChI is InChI=1S/C18H19N5O2/c1-12-6-7-14(9-13(12)2)18(25)20-11-17(24)19-10-16-22-21-15-5-3-4-8-23(15)16/h3-9H,10-11H2,1-2H3,(H,19,24)(H,20,25). The van der Waals surface area contributed by atoms with Gasteiger partial charge in [-0.2, -0.15) is 0 Å². The predicted octanol–water partition coefficient (Wildman–Crippen LogP) is 1.39. The Morgan fingerprint density at radius 3 is 2.68 bits per heavy atom. The molecule has 1 aromatic carbocycles. The second kappa shape index (κ2) is 7.12. The van der Waals surface area contributed by atoms with Gasteiger partial charge in [0.15, 0.2) is 11.5 Å². The molecule has 2 amide bonds. The first-order chi connectivity index (χ1) is 12.0. The second-order valence-electron chi connectivity index (χ2n) is 5.80. The van der Waals surface area contributed by atoms with Crippen molar-refractivity contribution in [2.45, 2.75) is 20.4 Å². The number of hydrogen-bond acceptors (Lipinski definition) is 4. The lowest BCUT2D eigenvalue weighted by Crippen LogP contribution is -2.36. The molecule has 0 radical (unpaired) electrons. The van der Waals surface area contributed by atoms with Crippen molar-refractivity contribution < 1.29 is 9.59 Å². The summed E-state index contributed by atoms with van der Waals surface area (Å²) in [6.07, 6.45) is 1.83. The molecular weight excluding hydrogens is 318 g/mol. The van der Waals surface area contributed by atoms with Crippen molar-refractivity contribution >= 4 is 17.5 Å². The maximum atomic E-state index is 12.1. The summed E-state index contributed by atoms with van der Waals surface area (Å²) in [7, 11) is 0. The Hall–Kier alpha value is -3.22. The summed E-state index contributed by atoms with van der Waals surface area (Å²) in [6.45, 7) is 4.08. The minimum Gasteiger partial charge on any atom is -0.347 e.